The maximum absolute atomic E-state index is 13.0. The van der Waals surface area contributed by atoms with Crippen LogP contribution in [0.5, 0.6) is 5.75 Å². The van der Waals surface area contributed by atoms with Crippen LogP contribution in [0.1, 0.15) is 70.2 Å². The Labute approximate surface area is 277 Å². The Balaban J connectivity index is 1.57. The van der Waals surface area contributed by atoms with Crippen molar-refractivity contribution in [2.24, 2.45) is 5.41 Å². The Morgan fingerprint density at radius 1 is 0.957 bits per heavy atom. The van der Waals surface area contributed by atoms with E-state index in [1.807, 2.05) is 67.6 Å². The van der Waals surface area contributed by atoms with E-state index in [9.17, 15) is 23.1 Å². The lowest BCUT2D eigenvalue weighted by atomic mass is 9.88. The van der Waals surface area contributed by atoms with E-state index in [0.29, 0.717) is 30.0 Å². The predicted molar refractivity (Wildman–Crippen MR) is 180 cm³/mol. The summed E-state index contributed by atoms with van der Waals surface area (Å²) in [7, 11) is 0. The number of rotatable bonds is 10. The third-order valence-corrected chi connectivity index (χ3v) is 9.06. The molecule has 246 valence electrons. The molecule has 0 fully saturated rings. The Kier molecular flexibility index (Phi) is 9.46. The number of pyridine rings is 2. The van der Waals surface area contributed by atoms with Crippen molar-refractivity contribution in [2.75, 3.05) is 0 Å². The number of fused-ring (bicyclic) bond motifs is 1. The number of hydrogen-bond acceptors (Lipinski definition) is 5. The fourth-order valence-electron chi connectivity index (χ4n) is 5.28. The van der Waals surface area contributed by atoms with Crippen LogP contribution >= 0.6 is 11.8 Å². The second-order valence-corrected chi connectivity index (χ2v) is 15.1. The molecule has 0 spiro atoms. The Hall–Kier alpha value is -4.31. The molecule has 2 aromatic carbocycles. The minimum atomic E-state index is -4.45. The van der Waals surface area contributed by atoms with E-state index < -0.39 is 23.1 Å². The van der Waals surface area contributed by atoms with Crippen molar-refractivity contribution in [2.45, 2.75) is 76.4 Å². The standard InChI is InChI=1S/C37H38F3N3O3S/c1-23(29-9-7-8-18-41-29)46-27-15-17-31-28(19-27)33(47-35(2,3)4)32(20-36(5,6)34(44)45)43(31)22-24-10-12-25(13-11-24)30-16-14-26(21-42-30)37(38,39)40/h7-19,21,23H,20,22H2,1-6H3,(H,44,45). The molecule has 5 rings (SSSR count). The minimum Gasteiger partial charge on any atom is -0.484 e. The van der Waals surface area contributed by atoms with Crippen LogP contribution in [0.2, 0.25) is 0 Å². The zero-order chi connectivity index (χ0) is 34.1. The lowest BCUT2D eigenvalue weighted by molar-refractivity contribution is -0.147. The molecule has 0 saturated carbocycles. The molecule has 1 N–H and O–H groups in total. The van der Waals surface area contributed by atoms with Gasteiger partial charge in [0.25, 0.3) is 0 Å². The van der Waals surface area contributed by atoms with Crippen LogP contribution in [-0.4, -0.2) is 30.4 Å². The predicted octanol–water partition coefficient (Wildman–Crippen LogP) is 9.85. The quantitative estimate of drug-likeness (QED) is 0.150. The summed E-state index contributed by atoms with van der Waals surface area (Å²) >= 11 is 1.70. The second kappa shape index (κ2) is 13.1. The van der Waals surface area contributed by atoms with Crippen LogP contribution in [-0.2, 0) is 23.9 Å². The Morgan fingerprint density at radius 3 is 2.26 bits per heavy atom. The molecule has 0 bridgehead atoms. The van der Waals surface area contributed by atoms with Gasteiger partial charge >= 0.3 is 12.1 Å². The normalized spacial score (nSPS) is 13.1. The van der Waals surface area contributed by atoms with Crippen LogP contribution in [0.3, 0.4) is 0 Å². The average Bonchev–Trinajstić information content (AvgIpc) is 3.26. The maximum atomic E-state index is 13.0. The fourth-order valence-corrected chi connectivity index (χ4v) is 6.46. The molecule has 47 heavy (non-hydrogen) atoms. The van der Waals surface area contributed by atoms with Crippen LogP contribution in [0.25, 0.3) is 22.2 Å². The third-order valence-electron chi connectivity index (χ3n) is 7.79. The lowest BCUT2D eigenvalue weighted by Gasteiger charge is -2.24. The molecule has 3 aromatic heterocycles. The summed E-state index contributed by atoms with van der Waals surface area (Å²) in [6.07, 6.45) is -1.85. The van der Waals surface area contributed by atoms with E-state index in [4.69, 9.17) is 4.74 Å². The van der Waals surface area contributed by atoms with Gasteiger partial charge in [-0.15, -0.1) is 11.8 Å². The summed E-state index contributed by atoms with van der Waals surface area (Å²) in [4.78, 5) is 21.8. The van der Waals surface area contributed by atoms with Crippen LogP contribution in [0, 0.1) is 5.41 Å². The molecule has 0 saturated heterocycles. The van der Waals surface area contributed by atoms with Crippen LogP contribution < -0.4 is 4.74 Å². The molecule has 3 heterocycles. The minimum absolute atomic E-state index is 0.171. The summed E-state index contributed by atoms with van der Waals surface area (Å²) in [5, 5.41) is 11.1. The van der Waals surface area contributed by atoms with Gasteiger partial charge < -0.3 is 14.4 Å². The number of thioether (sulfide) groups is 1. The van der Waals surface area contributed by atoms with Crippen molar-refractivity contribution < 1.29 is 27.8 Å². The first-order valence-electron chi connectivity index (χ1n) is 15.3. The van der Waals surface area contributed by atoms with Gasteiger partial charge in [0.1, 0.15) is 11.9 Å². The van der Waals surface area contributed by atoms with Gasteiger partial charge in [-0.05, 0) is 68.8 Å². The molecule has 1 unspecified atom stereocenters. The first-order chi connectivity index (χ1) is 22.0. The van der Waals surface area contributed by atoms with Crippen molar-refractivity contribution >= 4 is 28.6 Å². The lowest BCUT2D eigenvalue weighted by Crippen LogP contribution is -2.28. The molecular formula is C37H38F3N3O3S. The van der Waals surface area contributed by atoms with Crippen LogP contribution in [0.15, 0.2) is 90.1 Å². The molecule has 6 nitrogen and oxygen atoms in total. The van der Waals surface area contributed by atoms with Gasteiger partial charge in [0.15, 0.2) is 0 Å². The van der Waals surface area contributed by atoms with E-state index in [1.54, 1.807) is 31.8 Å². The van der Waals surface area contributed by atoms with E-state index in [2.05, 4.69) is 35.3 Å². The van der Waals surface area contributed by atoms with E-state index in [0.717, 1.165) is 45.0 Å². The van der Waals surface area contributed by atoms with Crippen molar-refractivity contribution in [1.82, 2.24) is 14.5 Å². The number of halogens is 3. The summed E-state index contributed by atoms with van der Waals surface area (Å²) in [5.74, 6) is -0.205. The van der Waals surface area contributed by atoms with Gasteiger partial charge in [0, 0.05) is 57.2 Å². The molecule has 0 radical (unpaired) electrons. The number of hydrogen-bond donors (Lipinski definition) is 1. The average molecular weight is 662 g/mol. The summed E-state index contributed by atoms with van der Waals surface area (Å²) in [5.41, 5.74) is 2.92. The van der Waals surface area contributed by atoms with Gasteiger partial charge in [0.05, 0.1) is 22.4 Å². The van der Waals surface area contributed by atoms with Crippen molar-refractivity contribution in [3.05, 3.63) is 108 Å². The molecule has 0 aliphatic rings. The van der Waals surface area contributed by atoms with Gasteiger partial charge in [-0.25, -0.2) is 0 Å². The third kappa shape index (κ3) is 7.99. The van der Waals surface area contributed by atoms with Crippen LogP contribution in [0.4, 0.5) is 13.2 Å². The number of carboxylic acid groups (broad SMARTS) is 1. The number of nitrogens with zero attached hydrogens (tertiary/aromatic N) is 3. The number of aromatic nitrogens is 3. The smallest absolute Gasteiger partial charge is 0.417 e. The zero-order valence-electron chi connectivity index (χ0n) is 27.2. The highest BCUT2D eigenvalue weighted by Gasteiger charge is 2.33. The highest BCUT2D eigenvalue weighted by molar-refractivity contribution is 8.00. The second-order valence-electron chi connectivity index (χ2n) is 13.3. The maximum Gasteiger partial charge on any atom is 0.417 e. The van der Waals surface area contributed by atoms with Crippen molar-refractivity contribution in [1.29, 1.82) is 0 Å². The number of benzene rings is 2. The Morgan fingerprint density at radius 2 is 1.68 bits per heavy atom. The van der Waals surface area contributed by atoms with E-state index >= 15 is 0 Å². The van der Waals surface area contributed by atoms with Gasteiger partial charge in [-0.2, -0.15) is 13.2 Å². The molecule has 0 aliphatic carbocycles. The molecule has 0 amide bonds. The van der Waals surface area contributed by atoms with Crippen molar-refractivity contribution in [3.63, 3.8) is 0 Å². The SMILES string of the molecule is CC(Oc1ccc2c(c1)c(SC(C)(C)C)c(CC(C)(C)C(=O)O)n2Cc1ccc(-c2ccc(C(F)(F)F)cn2)cc1)c1ccccn1. The highest BCUT2D eigenvalue weighted by Crippen LogP contribution is 2.44. The molecular weight excluding hydrogens is 623 g/mol. The number of alkyl halides is 3. The first kappa shape index (κ1) is 34.0. The Bertz CT molecular complexity index is 1860. The van der Waals surface area contributed by atoms with E-state index in [-0.39, 0.29) is 10.9 Å². The summed E-state index contributed by atoms with van der Waals surface area (Å²) in [6.45, 7) is 12.3. The van der Waals surface area contributed by atoms with Gasteiger partial charge in [0.2, 0.25) is 0 Å². The monoisotopic (exact) mass is 661 g/mol. The molecule has 10 heteroatoms. The summed E-state index contributed by atoms with van der Waals surface area (Å²) < 4.78 is 47.4. The molecule has 0 aliphatic heterocycles. The van der Waals surface area contributed by atoms with Gasteiger partial charge in [-0.3, -0.25) is 14.8 Å². The summed E-state index contributed by atoms with van der Waals surface area (Å²) in [6, 6.07) is 21.6. The van der Waals surface area contributed by atoms with E-state index in [1.165, 1.54) is 6.07 Å². The number of aliphatic carboxylic acids is 1. The number of ether oxygens (including phenoxy) is 1. The zero-order valence-corrected chi connectivity index (χ0v) is 28.0. The number of carbonyl (C=O) groups is 1. The molecule has 5 aromatic rings. The first-order valence-corrected chi connectivity index (χ1v) is 16.1. The highest BCUT2D eigenvalue weighted by atomic mass is 32.2. The fraction of sp³-hybridized carbons (Fsp3) is 0.324. The topological polar surface area (TPSA) is 77.2 Å². The van der Waals surface area contributed by atoms with Gasteiger partial charge in [-0.1, -0.05) is 51.1 Å². The molecule has 1 atom stereocenters. The van der Waals surface area contributed by atoms with Crippen molar-refractivity contribution in [3.8, 4) is 17.0 Å². The largest absolute Gasteiger partial charge is 0.484 e. The number of carboxylic acids is 1.